The number of rotatable bonds is 2. The van der Waals surface area contributed by atoms with Crippen molar-refractivity contribution in [2.45, 2.75) is 32.9 Å². The fourth-order valence-corrected chi connectivity index (χ4v) is 2.65. The Morgan fingerprint density at radius 1 is 1.23 bits per heavy atom. The summed E-state index contributed by atoms with van der Waals surface area (Å²) in [6.07, 6.45) is 3.20. The second-order valence-corrected chi connectivity index (χ2v) is 7.02. The summed E-state index contributed by atoms with van der Waals surface area (Å²) in [7, 11) is 0. The van der Waals surface area contributed by atoms with Gasteiger partial charge in [0.05, 0.1) is 5.69 Å². The minimum Gasteiger partial charge on any atom is -1.00 e. The first-order chi connectivity index (χ1) is 11.8. The van der Waals surface area contributed by atoms with Crippen molar-refractivity contribution in [1.82, 2.24) is 0 Å². The molecule has 1 aliphatic heterocycles. The zero-order valence-electron chi connectivity index (χ0n) is 15.0. The van der Waals surface area contributed by atoms with Crippen molar-refractivity contribution in [3.63, 3.8) is 0 Å². The number of fused-ring (bicyclic) bond motifs is 1. The van der Waals surface area contributed by atoms with E-state index in [-0.39, 0.29) is 29.4 Å². The Kier molecular flexibility index (Phi) is 6.02. The van der Waals surface area contributed by atoms with Crippen LogP contribution in [-0.4, -0.2) is 24.1 Å². The lowest BCUT2D eigenvalue weighted by molar-refractivity contribution is -0.687. The largest absolute Gasteiger partial charge is 1.00 e. The molecule has 0 saturated heterocycles. The average Bonchev–Trinajstić information content (AvgIpc) is 2.53. The molecule has 0 radical (unpaired) electrons. The van der Waals surface area contributed by atoms with Crippen LogP contribution in [0, 0.1) is 0 Å². The second kappa shape index (κ2) is 7.86. The number of amides is 2. The predicted octanol–water partition coefficient (Wildman–Crippen LogP) is -0.280. The quantitative estimate of drug-likeness (QED) is 0.681. The number of halogens is 1. The van der Waals surface area contributed by atoms with E-state index in [2.05, 4.69) is 5.32 Å². The van der Waals surface area contributed by atoms with Crippen LogP contribution in [0.2, 0.25) is 0 Å². The minimum absolute atomic E-state index is 0. The highest BCUT2D eigenvalue weighted by Crippen LogP contribution is 2.29. The van der Waals surface area contributed by atoms with Crippen molar-refractivity contribution in [2.24, 2.45) is 0 Å². The summed E-state index contributed by atoms with van der Waals surface area (Å²) in [5.74, 6) is -0.240. The topological polar surface area (TPSA) is 62.5 Å². The summed E-state index contributed by atoms with van der Waals surface area (Å²) in [6, 6.07) is 11.8. The maximum Gasteiger partial charge on any atom is 0.415 e. The van der Waals surface area contributed by atoms with Gasteiger partial charge in [-0.05, 0) is 20.8 Å². The van der Waals surface area contributed by atoms with Gasteiger partial charge >= 0.3 is 6.09 Å². The maximum atomic E-state index is 12.4. The molecule has 26 heavy (non-hydrogen) atoms. The Hall–Kier alpha value is -2.41. The molecule has 0 unspecified atom stereocenters. The zero-order valence-corrected chi connectivity index (χ0v) is 16.6. The van der Waals surface area contributed by atoms with E-state index in [9.17, 15) is 9.59 Å². The standard InChI is InChI=1S/C19H21N3O3.BrH/c1-19(2,3)25-18(24)22-13-17(23)20-15-12-21(10-9-16(15)22)11-14-7-5-4-6-8-14;/h4-10,12H,11,13H2,1-3H3;1H. The third-order valence-corrected chi connectivity index (χ3v) is 3.68. The molecule has 3 rings (SSSR count). The van der Waals surface area contributed by atoms with E-state index in [1.165, 1.54) is 4.90 Å². The van der Waals surface area contributed by atoms with Gasteiger partial charge in [0.25, 0.3) is 0 Å². The van der Waals surface area contributed by atoms with Gasteiger partial charge in [-0.2, -0.15) is 4.57 Å². The number of anilines is 2. The summed E-state index contributed by atoms with van der Waals surface area (Å²) in [5.41, 5.74) is 1.77. The molecule has 0 bridgehead atoms. The number of hydrogen-bond donors (Lipinski definition) is 1. The average molecular weight is 420 g/mol. The van der Waals surface area contributed by atoms with Crippen molar-refractivity contribution in [1.29, 1.82) is 0 Å². The molecular formula is C19H22BrN3O3. The van der Waals surface area contributed by atoms with Gasteiger partial charge in [0.15, 0.2) is 18.9 Å². The fourth-order valence-electron chi connectivity index (χ4n) is 2.65. The lowest BCUT2D eigenvalue weighted by Crippen LogP contribution is -3.00. The number of nitrogens with one attached hydrogen (secondary N) is 1. The lowest BCUT2D eigenvalue weighted by atomic mass is 10.2. The summed E-state index contributed by atoms with van der Waals surface area (Å²) < 4.78 is 7.37. The third kappa shape index (κ3) is 4.82. The van der Waals surface area contributed by atoms with Crippen molar-refractivity contribution in [3.8, 4) is 0 Å². The molecule has 0 aliphatic carbocycles. The number of pyridine rings is 1. The molecule has 1 aromatic carbocycles. The number of benzene rings is 1. The van der Waals surface area contributed by atoms with Gasteiger partial charge in [-0.25, -0.2) is 4.79 Å². The van der Waals surface area contributed by atoms with E-state index < -0.39 is 11.7 Å². The molecule has 1 aliphatic rings. The zero-order chi connectivity index (χ0) is 18.0. The number of hydrogen-bond acceptors (Lipinski definition) is 3. The SMILES string of the molecule is CC(C)(C)OC(=O)N1CC(=O)Nc2c[n+](Cc3ccccc3)ccc21.[Br-]. The van der Waals surface area contributed by atoms with Gasteiger partial charge in [-0.3, -0.25) is 9.69 Å². The Morgan fingerprint density at radius 2 is 1.92 bits per heavy atom. The summed E-state index contributed by atoms with van der Waals surface area (Å²) in [6.45, 7) is 6.03. The van der Waals surface area contributed by atoms with Crippen molar-refractivity contribution >= 4 is 23.4 Å². The first-order valence-corrected chi connectivity index (χ1v) is 8.19. The molecule has 2 aromatic rings. The van der Waals surface area contributed by atoms with Crippen LogP contribution in [-0.2, 0) is 16.1 Å². The third-order valence-electron chi connectivity index (χ3n) is 3.68. The van der Waals surface area contributed by atoms with E-state index in [4.69, 9.17) is 4.74 Å². The van der Waals surface area contributed by atoms with E-state index in [0.29, 0.717) is 17.9 Å². The molecule has 2 heterocycles. The highest BCUT2D eigenvalue weighted by atomic mass is 79.9. The highest BCUT2D eigenvalue weighted by Gasteiger charge is 2.32. The molecule has 2 amide bonds. The molecule has 1 N–H and O–H groups in total. The fraction of sp³-hybridized carbons (Fsp3) is 0.316. The maximum absolute atomic E-state index is 12.4. The number of nitrogens with zero attached hydrogens (tertiary/aromatic N) is 2. The Labute approximate surface area is 163 Å². The molecule has 138 valence electrons. The summed E-state index contributed by atoms with van der Waals surface area (Å²) in [4.78, 5) is 25.8. The predicted molar refractivity (Wildman–Crippen MR) is 94.4 cm³/mol. The number of ether oxygens (including phenoxy) is 1. The van der Waals surface area contributed by atoms with Crippen LogP contribution in [0.5, 0.6) is 0 Å². The van der Waals surface area contributed by atoms with Crippen molar-refractivity contribution in [2.75, 3.05) is 16.8 Å². The molecule has 0 saturated carbocycles. The van der Waals surface area contributed by atoms with Crippen LogP contribution >= 0.6 is 0 Å². The Bertz CT molecular complexity index is 803. The summed E-state index contributed by atoms with van der Waals surface area (Å²) in [5, 5.41) is 2.82. The minimum atomic E-state index is -0.618. The van der Waals surface area contributed by atoms with E-state index in [0.717, 1.165) is 5.56 Å². The first-order valence-electron chi connectivity index (χ1n) is 8.19. The van der Waals surface area contributed by atoms with Crippen LogP contribution in [0.4, 0.5) is 16.2 Å². The van der Waals surface area contributed by atoms with Gasteiger partial charge in [-0.15, -0.1) is 0 Å². The number of aromatic nitrogens is 1. The monoisotopic (exact) mass is 419 g/mol. The van der Waals surface area contributed by atoms with E-state index in [1.54, 1.807) is 20.8 Å². The normalized spacial score (nSPS) is 13.3. The highest BCUT2D eigenvalue weighted by molar-refractivity contribution is 6.07. The van der Waals surface area contributed by atoms with Crippen LogP contribution in [0.1, 0.15) is 26.3 Å². The smallest absolute Gasteiger partial charge is 0.415 e. The van der Waals surface area contributed by atoms with Crippen LogP contribution < -0.4 is 31.8 Å². The van der Waals surface area contributed by atoms with Crippen LogP contribution in [0.3, 0.4) is 0 Å². The molecule has 7 heteroatoms. The van der Waals surface area contributed by atoms with Crippen LogP contribution in [0.25, 0.3) is 0 Å². The lowest BCUT2D eigenvalue weighted by Gasteiger charge is -2.30. The molecule has 0 spiro atoms. The van der Waals surface area contributed by atoms with Gasteiger partial charge in [-0.1, -0.05) is 30.3 Å². The summed E-state index contributed by atoms with van der Waals surface area (Å²) >= 11 is 0. The molecule has 0 fully saturated rings. The number of carbonyl (C=O) groups excluding carboxylic acids is 2. The van der Waals surface area contributed by atoms with Crippen LogP contribution in [0.15, 0.2) is 48.8 Å². The first kappa shape index (κ1) is 19.9. The Morgan fingerprint density at radius 3 is 2.58 bits per heavy atom. The molecule has 0 atom stereocenters. The van der Waals surface area contributed by atoms with Crippen molar-refractivity contribution in [3.05, 3.63) is 54.4 Å². The number of carbonyl (C=O) groups is 2. The Balaban J connectivity index is 0.00000243. The van der Waals surface area contributed by atoms with Gasteiger partial charge in [0.1, 0.15) is 17.8 Å². The van der Waals surface area contributed by atoms with Gasteiger partial charge < -0.3 is 27.0 Å². The van der Waals surface area contributed by atoms with Crippen molar-refractivity contribution < 1.29 is 35.9 Å². The molecular weight excluding hydrogens is 398 g/mol. The molecule has 1 aromatic heterocycles. The van der Waals surface area contributed by atoms with Gasteiger partial charge in [0.2, 0.25) is 5.91 Å². The molecule has 6 nitrogen and oxygen atoms in total. The van der Waals surface area contributed by atoms with E-state index >= 15 is 0 Å². The van der Waals surface area contributed by atoms with E-state index in [1.807, 2.05) is 53.4 Å². The second-order valence-electron chi connectivity index (χ2n) is 7.02. The van der Waals surface area contributed by atoms with Gasteiger partial charge in [0, 0.05) is 11.6 Å².